The molecule has 0 heterocycles. The number of nitrogens with two attached hydrogens (primary N) is 1. The Hall–Kier alpha value is -1.06. The summed E-state index contributed by atoms with van der Waals surface area (Å²) < 4.78 is 0. The predicted molar refractivity (Wildman–Crippen MR) is 68.7 cm³/mol. The number of halogens is 1. The summed E-state index contributed by atoms with van der Waals surface area (Å²) >= 11 is 5.93. The van der Waals surface area contributed by atoms with Crippen LogP contribution in [0.3, 0.4) is 0 Å². The van der Waals surface area contributed by atoms with Crippen LogP contribution in [0, 0.1) is 0 Å². The highest BCUT2D eigenvalue weighted by atomic mass is 35.5. The van der Waals surface area contributed by atoms with Crippen molar-refractivity contribution in [3.8, 4) is 0 Å². The largest absolute Gasteiger partial charge is 0.337 e. The second-order valence-corrected chi connectivity index (χ2v) is 5.04. The van der Waals surface area contributed by atoms with Gasteiger partial charge >= 0.3 is 0 Å². The molecule has 17 heavy (non-hydrogen) atoms. The number of rotatable bonds is 4. The summed E-state index contributed by atoms with van der Waals surface area (Å²) in [5.41, 5.74) is 6.38. The second-order valence-electron chi connectivity index (χ2n) is 4.61. The lowest BCUT2D eigenvalue weighted by Gasteiger charge is -2.24. The standard InChI is InChI=1S/C13H17ClN2O/c1-2-16(12(17)13(15)6-7-13)9-10-4-3-5-11(14)8-10/h3-5,8H,2,6-7,9,15H2,1H3. The Bertz CT molecular complexity index is 429. The first-order chi connectivity index (χ1) is 8.05. The second kappa shape index (κ2) is 4.67. The highest BCUT2D eigenvalue weighted by molar-refractivity contribution is 6.30. The Morgan fingerprint density at radius 1 is 1.53 bits per heavy atom. The summed E-state index contributed by atoms with van der Waals surface area (Å²) in [6, 6.07) is 7.57. The maximum atomic E-state index is 12.1. The normalized spacial score (nSPS) is 16.6. The van der Waals surface area contributed by atoms with Gasteiger partial charge in [-0.1, -0.05) is 23.7 Å². The van der Waals surface area contributed by atoms with Crippen LogP contribution < -0.4 is 5.73 Å². The highest BCUT2D eigenvalue weighted by Crippen LogP contribution is 2.34. The SMILES string of the molecule is CCN(Cc1cccc(Cl)c1)C(=O)C1(N)CC1. The molecule has 2 N–H and O–H groups in total. The van der Waals surface area contributed by atoms with Crippen LogP contribution in [0.2, 0.25) is 5.02 Å². The fraction of sp³-hybridized carbons (Fsp3) is 0.462. The van der Waals surface area contributed by atoms with Gasteiger partial charge in [-0.25, -0.2) is 0 Å². The average Bonchev–Trinajstić information content (AvgIpc) is 3.05. The van der Waals surface area contributed by atoms with E-state index in [-0.39, 0.29) is 5.91 Å². The lowest BCUT2D eigenvalue weighted by molar-refractivity contribution is -0.134. The van der Waals surface area contributed by atoms with Crippen molar-refractivity contribution in [2.24, 2.45) is 5.73 Å². The molecule has 4 heteroatoms. The molecule has 92 valence electrons. The Balaban J connectivity index is 2.07. The molecule has 0 atom stereocenters. The number of hydrogen-bond acceptors (Lipinski definition) is 2. The van der Waals surface area contributed by atoms with E-state index < -0.39 is 5.54 Å². The molecule has 0 aromatic heterocycles. The first kappa shape index (κ1) is 12.4. The summed E-state index contributed by atoms with van der Waals surface area (Å²) in [6.07, 6.45) is 1.61. The number of nitrogens with zero attached hydrogens (tertiary/aromatic N) is 1. The van der Waals surface area contributed by atoms with Gasteiger partial charge in [0.25, 0.3) is 0 Å². The molecule has 1 aromatic rings. The third kappa shape index (κ3) is 2.79. The van der Waals surface area contributed by atoms with Crippen molar-refractivity contribution in [1.29, 1.82) is 0 Å². The van der Waals surface area contributed by atoms with Crippen LogP contribution in [0.15, 0.2) is 24.3 Å². The van der Waals surface area contributed by atoms with Crippen molar-refractivity contribution in [1.82, 2.24) is 4.90 Å². The fourth-order valence-corrected chi connectivity index (χ4v) is 2.06. The molecule has 1 aromatic carbocycles. The van der Waals surface area contributed by atoms with Gasteiger partial charge in [0.05, 0.1) is 5.54 Å². The minimum atomic E-state index is -0.589. The molecule has 0 aliphatic heterocycles. The number of likely N-dealkylation sites (N-methyl/N-ethyl adjacent to an activating group) is 1. The molecule has 1 fully saturated rings. The number of carbonyl (C=O) groups is 1. The minimum absolute atomic E-state index is 0.0555. The zero-order valence-electron chi connectivity index (χ0n) is 9.95. The van der Waals surface area contributed by atoms with E-state index in [4.69, 9.17) is 17.3 Å². The van der Waals surface area contributed by atoms with E-state index in [2.05, 4.69) is 0 Å². The Kier molecular flexibility index (Phi) is 3.40. The molecule has 0 saturated heterocycles. The quantitative estimate of drug-likeness (QED) is 0.893. The van der Waals surface area contributed by atoms with E-state index in [0.29, 0.717) is 18.1 Å². The van der Waals surface area contributed by atoms with Crippen molar-refractivity contribution in [3.63, 3.8) is 0 Å². The number of hydrogen-bond donors (Lipinski definition) is 1. The van der Waals surface area contributed by atoms with Crippen molar-refractivity contribution < 1.29 is 4.79 Å². The first-order valence-corrected chi connectivity index (χ1v) is 6.25. The topological polar surface area (TPSA) is 46.3 Å². The number of amides is 1. The van der Waals surface area contributed by atoms with Gasteiger partial charge < -0.3 is 10.6 Å². The first-order valence-electron chi connectivity index (χ1n) is 5.88. The highest BCUT2D eigenvalue weighted by Gasteiger charge is 2.47. The van der Waals surface area contributed by atoms with Crippen LogP contribution >= 0.6 is 11.6 Å². The molecule has 0 bridgehead atoms. The summed E-state index contributed by atoms with van der Waals surface area (Å²) in [6.45, 7) is 3.22. The zero-order chi connectivity index (χ0) is 12.5. The van der Waals surface area contributed by atoms with Gasteiger partial charge in [-0.2, -0.15) is 0 Å². The maximum absolute atomic E-state index is 12.1. The lowest BCUT2D eigenvalue weighted by Crippen LogP contribution is -2.45. The smallest absolute Gasteiger partial charge is 0.242 e. The Morgan fingerprint density at radius 3 is 2.76 bits per heavy atom. The third-order valence-corrected chi connectivity index (χ3v) is 3.38. The predicted octanol–water partition coefficient (Wildman–Crippen LogP) is 2.18. The molecule has 0 radical (unpaired) electrons. The summed E-state index contributed by atoms with van der Waals surface area (Å²) in [5.74, 6) is 0.0555. The molecule has 0 unspecified atom stereocenters. The minimum Gasteiger partial charge on any atom is -0.337 e. The van der Waals surface area contributed by atoms with Gasteiger partial charge in [-0.3, -0.25) is 4.79 Å². The monoisotopic (exact) mass is 252 g/mol. The van der Waals surface area contributed by atoms with E-state index in [1.165, 1.54) is 0 Å². The van der Waals surface area contributed by atoms with Gasteiger partial charge in [0.2, 0.25) is 5.91 Å². The number of benzene rings is 1. The van der Waals surface area contributed by atoms with Gasteiger partial charge in [0.15, 0.2) is 0 Å². The van der Waals surface area contributed by atoms with E-state index in [0.717, 1.165) is 18.4 Å². The molecular formula is C13H17ClN2O. The molecule has 1 saturated carbocycles. The van der Waals surface area contributed by atoms with E-state index >= 15 is 0 Å². The lowest BCUT2D eigenvalue weighted by atomic mass is 10.2. The van der Waals surface area contributed by atoms with Crippen LogP contribution in [-0.4, -0.2) is 22.9 Å². The van der Waals surface area contributed by atoms with Crippen LogP contribution in [-0.2, 0) is 11.3 Å². The molecule has 2 rings (SSSR count). The molecule has 1 aliphatic carbocycles. The van der Waals surface area contributed by atoms with E-state index in [1.807, 2.05) is 31.2 Å². The Morgan fingerprint density at radius 2 is 2.24 bits per heavy atom. The van der Waals surface area contributed by atoms with Crippen molar-refractivity contribution in [2.75, 3.05) is 6.54 Å². The van der Waals surface area contributed by atoms with Crippen LogP contribution in [0.5, 0.6) is 0 Å². The van der Waals surface area contributed by atoms with Crippen molar-refractivity contribution in [3.05, 3.63) is 34.9 Å². The molecule has 1 amide bonds. The van der Waals surface area contributed by atoms with Crippen LogP contribution in [0.25, 0.3) is 0 Å². The molecular weight excluding hydrogens is 236 g/mol. The maximum Gasteiger partial charge on any atom is 0.242 e. The summed E-state index contributed by atoms with van der Waals surface area (Å²) in [5, 5.41) is 0.694. The summed E-state index contributed by atoms with van der Waals surface area (Å²) in [4.78, 5) is 13.9. The van der Waals surface area contributed by atoms with Gasteiger partial charge in [-0.15, -0.1) is 0 Å². The van der Waals surface area contributed by atoms with Crippen molar-refractivity contribution >= 4 is 17.5 Å². The van der Waals surface area contributed by atoms with Crippen molar-refractivity contribution in [2.45, 2.75) is 31.8 Å². The number of carbonyl (C=O) groups excluding carboxylic acids is 1. The van der Waals surface area contributed by atoms with Gasteiger partial charge in [-0.05, 0) is 37.5 Å². The van der Waals surface area contributed by atoms with E-state index in [9.17, 15) is 4.79 Å². The third-order valence-electron chi connectivity index (χ3n) is 3.15. The van der Waals surface area contributed by atoms with Crippen LogP contribution in [0.4, 0.5) is 0 Å². The molecule has 1 aliphatic rings. The average molecular weight is 253 g/mol. The molecule has 3 nitrogen and oxygen atoms in total. The van der Waals surface area contributed by atoms with E-state index in [1.54, 1.807) is 4.90 Å². The summed E-state index contributed by atoms with van der Waals surface area (Å²) in [7, 11) is 0. The van der Waals surface area contributed by atoms with Gasteiger partial charge in [0, 0.05) is 18.1 Å². The van der Waals surface area contributed by atoms with Crippen LogP contribution in [0.1, 0.15) is 25.3 Å². The van der Waals surface area contributed by atoms with Gasteiger partial charge in [0.1, 0.15) is 0 Å². The Labute approximate surface area is 107 Å². The molecule has 0 spiro atoms. The zero-order valence-corrected chi connectivity index (χ0v) is 10.7. The fourth-order valence-electron chi connectivity index (χ4n) is 1.85.